The Labute approximate surface area is 130 Å². The second kappa shape index (κ2) is 8.60. The summed E-state index contributed by atoms with van der Waals surface area (Å²) in [6.45, 7) is 5.01. The monoisotopic (exact) mass is 314 g/mol. The van der Waals surface area contributed by atoms with Crippen molar-refractivity contribution < 1.29 is 9.59 Å². The highest BCUT2D eigenvalue weighted by Crippen LogP contribution is 2.13. The second-order valence-corrected chi connectivity index (χ2v) is 6.71. The lowest BCUT2D eigenvalue weighted by Gasteiger charge is -2.32. The summed E-state index contributed by atoms with van der Waals surface area (Å²) in [5.41, 5.74) is 0. The van der Waals surface area contributed by atoms with E-state index in [1.807, 2.05) is 6.92 Å². The summed E-state index contributed by atoms with van der Waals surface area (Å²) < 4.78 is 0. The Kier molecular flexibility index (Phi) is 6.79. The van der Waals surface area contributed by atoms with Crippen LogP contribution in [0, 0.1) is 0 Å². The van der Waals surface area contributed by atoms with E-state index in [-0.39, 0.29) is 23.9 Å². The van der Waals surface area contributed by atoms with Crippen molar-refractivity contribution >= 4 is 23.6 Å². The molecule has 0 spiro atoms. The van der Waals surface area contributed by atoms with Crippen molar-refractivity contribution in [1.29, 1.82) is 0 Å². The third kappa shape index (κ3) is 5.48. The van der Waals surface area contributed by atoms with Crippen LogP contribution in [0.5, 0.6) is 0 Å². The fraction of sp³-hybridized carbons (Fsp3) is 0.857. The predicted molar refractivity (Wildman–Crippen MR) is 85.2 cm³/mol. The molecule has 6 nitrogen and oxygen atoms in total. The Balaban J connectivity index is 1.63. The molecule has 2 amide bonds. The van der Waals surface area contributed by atoms with Crippen molar-refractivity contribution in [3.05, 3.63) is 0 Å². The molecule has 2 heterocycles. The van der Waals surface area contributed by atoms with Gasteiger partial charge in [0.1, 0.15) is 0 Å². The number of likely N-dealkylation sites (tertiary alicyclic amines) is 1. The summed E-state index contributed by atoms with van der Waals surface area (Å²) in [4.78, 5) is 25.9. The van der Waals surface area contributed by atoms with Crippen molar-refractivity contribution in [3.8, 4) is 0 Å². The second-order valence-electron chi connectivity index (χ2n) is 5.68. The Bertz CT molecular complexity index is 353. The van der Waals surface area contributed by atoms with E-state index < -0.39 is 0 Å². The third-order valence-electron chi connectivity index (χ3n) is 3.91. The van der Waals surface area contributed by atoms with Crippen LogP contribution < -0.4 is 16.0 Å². The van der Waals surface area contributed by atoms with Crippen LogP contribution in [-0.4, -0.2) is 66.6 Å². The minimum absolute atomic E-state index is 0.0344. The first kappa shape index (κ1) is 16.6. The summed E-state index contributed by atoms with van der Waals surface area (Å²) >= 11 is 1.76. The summed E-state index contributed by atoms with van der Waals surface area (Å²) in [6.07, 6.45) is 2.81. The zero-order chi connectivity index (χ0) is 15.1. The van der Waals surface area contributed by atoms with Crippen LogP contribution in [0.3, 0.4) is 0 Å². The number of piperidine rings is 1. The number of hydrogen-bond acceptors (Lipinski definition) is 5. The molecule has 2 saturated heterocycles. The van der Waals surface area contributed by atoms with E-state index in [2.05, 4.69) is 20.9 Å². The molecular formula is C14H26N4O2S. The van der Waals surface area contributed by atoms with E-state index in [1.54, 1.807) is 11.8 Å². The van der Waals surface area contributed by atoms with Gasteiger partial charge in [-0.1, -0.05) is 6.92 Å². The van der Waals surface area contributed by atoms with E-state index in [4.69, 9.17) is 0 Å². The summed E-state index contributed by atoms with van der Waals surface area (Å²) in [5.74, 6) is 1.96. The van der Waals surface area contributed by atoms with E-state index in [1.165, 1.54) is 0 Å². The molecule has 0 aromatic rings. The maximum Gasteiger partial charge on any atom is 0.238 e. The lowest BCUT2D eigenvalue weighted by Crippen LogP contribution is -2.51. The first-order chi connectivity index (χ1) is 10.2. The van der Waals surface area contributed by atoms with Crippen LogP contribution in [0.1, 0.15) is 26.2 Å². The average Bonchev–Trinajstić information content (AvgIpc) is 3.01. The van der Waals surface area contributed by atoms with E-state index in [9.17, 15) is 9.59 Å². The van der Waals surface area contributed by atoms with Crippen molar-refractivity contribution in [2.45, 2.75) is 38.3 Å². The van der Waals surface area contributed by atoms with Crippen LogP contribution in [0.4, 0.5) is 0 Å². The maximum atomic E-state index is 12.0. The topological polar surface area (TPSA) is 73.5 Å². The van der Waals surface area contributed by atoms with Gasteiger partial charge in [0.15, 0.2) is 0 Å². The van der Waals surface area contributed by atoms with Crippen LogP contribution in [0.2, 0.25) is 0 Å². The quantitative estimate of drug-likeness (QED) is 0.631. The van der Waals surface area contributed by atoms with Gasteiger partial charge in [-0.2, -0.15) is 0 Å². The molecule has 120 valence electrons. The van der Waals surface area contributed by atoms with Crippen LogP contribution in [0.15, 0.2) is 0 Å². The van der Waals surface area contributed by atoms with Crippen LogP contribution >= 0.6 is 11.8 Å². The number of nitrogens with one attached hydrogen (secondary N) is 3. The summed E-state index contributed by atoms with van der Waals surface area (Å²) in [5, 5.41) is 9.21. The molecule has 0 saturated carbocycles. The SMILES string of the molecule is CCCNC(=O)CN1CCC(NC(=O)C2CSCN2)CC1. The van der Waals surface area contributed by atoms with Crippen molar-refractivity contribution in [2.75, 3.05) is 37.8 Å². The first-order valence-electron chi connectivity index (χ1n) is 7.79. The van der Waals surface area contributed by atoms with Gasteiger partial charge in [-0.05, 0) is 19.3 Å². The maximum absolute atomic E-state index is 12.0. The van der Waals surface area contributed by atoms with Crippen LogP contribution in [0.25, 0.3) is 0 Å². The molecule has 0 aromatic carbocycles. The van der Waals surface area contributed by atoms with Gasteiger partial charge in [-0.25, -0.2) is 0 Å². The number of hydrogen-bond donors (Lipinski definition) is 3. The average molecular weight is 314 g/mol. The fourth-order valence-electron chi connectivity index (χ4n) is 2.62. The lowest BCUT2D eigenvalue weighted by atomic mass is 10.0. The minimum atomic E-state index is -0.0344. The van der Waals surface area contributed by atoms with Crippen molar-refractivity contribution in [3.63, 3.8) is 0 Å². The van der Waals surface area contributed by atoms with Gasteiger partial charge in [-0.15, -0.1) is 11.8 Å². The lowest BCUT2D eigenvalue weighted by molar-refractivity contribution is -0.124. The predicted octanol–water partition coefficient (Wildman–Crippen LogP) is -0.244. The summed E-state index contributed by atoms with van der Waals surface area (Å²) in [7, 11) is 0. The molecular weight excluding hydrogens is 288 g/mol. The van der Waals surface area contributed by atoms with E-state index in [0.29, 0.717) is 6.54 Å². The molecule has 2 aliphatic heterocycles. The molecule has 21 heavy (non-hydrogen) atoms. The number of amides is 2. The molecule has 0 aliphatic carbocycles. The van der Waals surface area contributed by atoms with Gasteiger partial charge in [0.2, 0.25) is 11.8 Å². The molecule has 0 radical (unpaired) electrons. The third-order valence-corrected chi connectivity index (χ3v) is 4.85. The molecule has 1 unspecified atom stereocenters. The van der Waals surface area contributed by atoms with Gasteiger partial charge in [0.05, 0.1) is 12.6 Å². The minimum Gasteiger partial charge on any atom is -0.355 e. The van der Waals surface area contributed by atoms with Gasteiger partial charge >= 0.3 is 0 Å². The molecule has 2 rings (SSSR count). The molecule has 0 aromatic heterocycles. The largest absolute Gasteiger partial charge is 0.355 e. The fourth-order valence-corrected chi connectivity index (χ4v) is 3.57. The van der Waals surface area contributed by atoms with Gasteiger partial charge < -0.3 is 10.6 Å². The highest BCUT2D eigenvalue weighted by Gasteiger charge is 2.27. The Morgan fingerprint density at radius 3 is 2.71 bits per heavy atom. The van der Waals surface area contributed by atoms with Crippen molar-refractivity contribution in [2.24, 2.45) is 0 Å². The Morgan fingerprint density at radius 2 is 2.10 bits per heavy atom. The zero-order valence-corrected chi connectivity index (χ0v) is 13.5. The number of carbonyl (C=O) groups is 2. The number of rotatable bonds is 6. The van der Waals surface area contributed by atoms with Gasteiger partial charge in [-0.3, -0.25) is 19.8 Å². The van der Waals surface area contributed by atoms with E-state index >= 15 is 0 Å². The van der Waals surface area contributed by atoms with Crippen molar-refractivity contribution in [1.82, 2.24) is 20.9 Å². The molecule has 7 heteroatoms. The highest BCUT2D eigenvalue weighted by molar-refractivity contribution is 7.99. The van der Waals surface area contributed by atoms with E-state index in [0.717, 1.165) is 50.5 Å². The first-order valence-corrected chi connectivity index (χ1v) is 8.95. The number of nitrogens with zero attached hydrogens (tertiary/aromatic N) is 1. The summed E-state index contributed by atoms with van der Waals surface area (Å²) in [6, 6.07) is 0.215. The smallest absolute Gasteiger partial charge is 0.238 e. The van der Waals surface area contributed by atoms with Gasteiger partial charge in [0, 0.05) is 37.3 Å². The molecule has 1 atom stereocenters. The standard InChI is InChI=1S/C14H26N4O2S/c1-2-5-15-13(19)8-18-6-3-11(4-7-18)17-14(20)12-9-21-10-16-12/h11-12,16H,2-10H2,1H3,(H,15,19)(H,17,20). The highest BCUT2D eigenvalue weighted by atomic mass is 32.2. The van der Waals surface area contributed by atoms with Gasteiger partial charge in [0.25, 0.3) is 0 Å². The Hall–Kier alpha value is -0.790. The van der Waals surface area contributed by atoms with Crippen LogP contribution in [-0.2, 0) is 9.59 Å². The molecule has 3 N–H and O–H groups in total. The number of carbonyl (C=O) groups excluding carboxylic acids is 2. The molecule has 2 aliphatic rings. The normalized spacial score (nSPS) is 24.0. The zero-order valence-electron chi connectivity index (χ0n) is 12.7. The number of thioether (sulfide) groups is 1. The Morgan fingerprint density at radius 1 is 1.33 bits per heavy atom. The molecule has 0 bridgehead atoms. The molecule has 2 fully saturated rings.